The van der Waals surface area contributed by atoms with Gasteiger partial charge in [-0.3, -0.25) is 4.90 Å². The van der Waals surface area contributed by atoms with Crippen LogP contribution in [0.5, 0.6) is 0 Å². The second-order valence-electron chi connectivity index (χ2n) is 3.24. The fourth-order valence-corrected chi connectivity index (χ4v) is 1.24. The third-order valence-corrected chi connectivity index (χ3v) is 1.96. The van der Waals surface area contributed by atoms with Gasteiger partial charge in [-0.1, -0.05) is 0 Å². The first-order valence-electron chi connectivity index (χ1n) is 4.67. The summed E-state index contributed by atoms with van der Waals surface area (Å²) in [4.78, 5) is 2.03. The molecule has 0 spiro atoms. The molecule has 3 nitrogen and oxygen atoms in total. The maximum absolute atomic E-state index is 11.7. The van der Waals surface area contributed by atoms with Gasteiger partial charge in [0.05, 0.1) is 19.8 Å². The van der Waals surface area contributed by atoms with Crippen LogP contribution in [0, 0.1) is 0 Å². The van der Waals surface area contributed by atoms with Gasteiger partial charge >= 0.3 is 6.98 Å². The van der Waals surface area contributed by atoms with Crippen LogP contribution in [0.25, 0.3) is 0 Å². The lowest BCUT2D eigenvalue weighted by Gasteiger charge is -2.26. The molecule has 0 N–H and O–H groups in total. The molecular formula is C7H14BF3NO2-. The van der Waals surface area contributed by atoms with E-state index in [1.807, 2.05) is 4.90 Å². The van der Waals surface area contributed by atoms with Crippen LogP contribution >= 0.6 is 0 Å². The van der Waals surface area contributed by atoms with E-state index in [-0.39, 0.29) is 6.61 Å². The molecule has 0 aliphatic carbocycles. The Labute approximate surface area is 81.2 Å². The average molecular weight is 212 g/mol. The van der Waals surface area contributed by atoms with Crippen LogP contribution in [0.3, 0.4) is 0 Å². The first kappa shape index (κ1) is 11.8. The van der Waals surface area contributed by atoms with E-state index in [0.29, 0.717) is 19.8 Å². The van der Waals surface area contributed by atoms with Crippen LogP contribution < -0.4 is 0 Å². The molecule has 84 valence electrons. The van der Waals surface area contributed by atoms with Gasteiger partial charge in [0.25, 0.3) is 0 Å². The van der Waals surface area contributed by atoms with Crippen molar-refractivity contribution in [1.82, 2.24) is 4.90 Å². The van der Waals surface area contributed by atoms with Crippen molar-refractivity contribution in [2.24, 2.45) is 0 Å². The maximum Gasteiger partial charge on any atom is 0.503 e. The minimum absolute atomic E-state index is 0.140. The summed E-state index contributed by atoms with van der Waals surface area (Å²) in [6.07, 6.45) is 0. The van der Waals surface area contributed by atoms with Gasteiger partial charge in [-0.05, 0) is 0 Å². The van der Waals surface area contributed by atoms with Crippen LogP contribution in [-0.4, -0.2) is 57.8 Å². The van der Waals surface area contributed by atoms with E-state index in [0.717, 1.165) is 13.1 Å². The molecule has 1 saturated heterocycles. The van der Waals surface area contributed by atoms with Gasteiger partial charge in [-0.2, -0.15) is 0 Å². The maximum atomic E-state index is 11.7. The second kappa shape index (κ2) is 5.58. The molecule has 0 saturated carbocycles. The lowest BCUT2D eigenvalue weighted by atomic mass is 9.95. The number of hydrogen-bond acceptors (Lipinski definition) is 3. The molecule has 0 atom stereocenters. The number of morpholine rings is 1. The Morgan fingerprint density at radius 3 is 2.43 bits per heavy atom. The van der Waals surface area contributed by atoms with Crippen molar-refractivity contribution in [1.29, 1.82) is 0 Å². The Bertz CT molecular complexity index is 162. The van der Waals surface area contributed by atoms with Crippen LogP contribution in [0.1, 0.15) is 0 Å². The van der Waals surface area contributed by atoms with Crippen molar-refractivity contribution in [2.75, 3.05) is 46.0 Å². The smallest absolute Gasteiger partial charge is 0.447 e. The van der Waals surface area contributed by atoms with E-state index in [1.165, 1.54) is 0 Å². The van der Waals surface area contributed by atoms with Gasteiger partial charge in [-0.25, -0.2) is 0 Å². The zero-order valence-corrected chi connectivity index (χ0v) is 7.92. The highest BCUT2D eigenvalue weighted by Gasteiger charge is 2.23. The van der Waals surface area contributed by atoms with E-state index in [4.69, 9.17) is 4.74 Å². The molecule has 7 heteroatoms. The summed E-state index contributed by atoms with van der Waals surface area (Å²) in [6.45, 7) is -2.33. The van der Waals surface area contributed by atoms with E-state index < -0.39 is 13.5 Å². The van der Waals surface area contributed by atoms with Gasteiger partial charge in [0, 0.05) is 26.1 Å². The SMILES string of the molecule is F[B-](F)(F)COCCN1CCOCC1. The standard InChI is InChI=1S/C7H14BF3NO2/c9-8(10,11)7-14-6-3-12-1-4-13-5-2-12/h1-7H2/q-1. The summed E-state index contributed by atoms with van der Waals surface area (Å²) < 4.78 is 44.8. The number of rotatable bonds is 5. The van der Waals surface area contributed by atoms with Crippen molar-refractivity contribution in [3.8, 4) is 0 Å². The van der Waals surface area contributed by atoms with E-state index in [9.17, 15) is 12.9 Å². The summed E-state index contributed by atoms with van der Waals surface area (Å²) in [5.41, 5.74) is 0. The molecule has 1 aliphatic rings. The van der Waals surface area contributed by atoms with Crippen LogP contribution in [0.15, 0.2) is 0 Å². The Morgan fingerprint density at radius 2 is 1.86 bits per heavy atom. The zero-order chi connectivity index (χ0) is 10.4. The predicted molar refractivity (Wildman–Crippen MR) is 47.2 cm³/mol. The largest absolute Gasteiger partial charge is 0.503 e. The van der Waals surface area contributed by atoms with Gasteiger partial charge < -0.3 is 22.4 Å². The Morgan fingerprint density at radius 1 is 1.21 bits per heavy atom. The molecule has 0 aromatic heterocycles. The normalized spacial score (nSPS) is 19.9. The van der Waals surface area contributed by atoms with Crippen molar-refractivity contribution in [3.63, 3.8) is 0 Å². The second-order valence-corrected chi connectivity index (χ2v) is 3.24. The molecule has 1 rings (SSSR count). The van der Waals surface area contributed by atoms with Crippen LogP contribution in [0.4, 0.5) is 12.9 Å². The lowest BCUT2D eigenvalue weighted by molar-refractivity contribution is 0.0228. The number of hydrogen-bond donors (Lipinski definition) is 0. The Hall–Kier alpha value is -0.265. The third kappa shape index (κ3) is 5.46. The number of halogens is 3. The third-order valence-electron chi connectivity index (χ3n) is 1.96. The molecule has 14 heavy (non-hydrogen) atoms. The fraction of sp³-hybridized carbons (Fsp3) is 1.00. The topological polar surface area (TPSA) is 21.7 Å². The van der Waals surface area contributed by atoms with Gasteiger partial charge in [-0.15, -0.1) is 0 Å². The molecule has 0 radical (unpaired) electrons. The molecule has 1 fully saturated rings. The van der Waals surface area contributed by atoms with E-state index in [1.54, 1.807) is 0 Å². The average Bonchev–Trinajstić information content (AvgIpc) is 2.13. The Kier molecular flexibility index (Phi) is 4.70. The van der Waals surface area contributed by atoms with E-state index in [2.05, 4.69) is 4.74 Å². The summed E-state index contributed by atoms with van der Waals surface area (Å²) in [5.74, 6) is 0. The quantitative estimate of drug-likeness (QED) is 0.495. The summed E-state index contributed by atoms with van der Waals surface area (Å²) in [6, 6.07) is 0. The minimum Gasteiger partial charge on any atom is -0.447 e. The summed E-state index contributed by atoms with van der Waals surface area (Å²) in [7, 11) is 0. The minimum atomic E-state index is -4.80. The number of nitrogens with zero attached hydrogens (tertiary/aromatic N) is 1. The summed E-state index contributed by atoms with van der Waals surface area (Å²) >= 11 is 0. The monoisotopic (exact) mass is 212 g/mol. The van der Waals surface area contributed by atoms with Crippen LogP contribution in [0.2, 0.25) is 0 Å². The zero-order valence-electron chi connectivity index (χ0n) is 7.92. The molecule has 1 aliphatic heterocycles. The molecule has 0 bridgehead atoms. The van der Waals surface area contributed by atoms with E-state index >= 15 is 0 Å². The molecule has 1 heterocycles. The lowest BCUT2D eigenvalue weighted by Crippen LogP contribution is -2.38. The van der Waals surface area contributed by atoms with Crippen molar-refractivity contribution < 1.29 is 22.4 Å². The predicted octanol–water partition coefficient (Wildman–Crippen LogP) is 0.722. The van der Waals surface area contributed by atoms with Gasteiger partial charge in [0.1, 0.15) is 0 Å². The van der Waals surface area contributed by atoms with Gasteiger partial charge in [0.2, 0.25) is 0 Å². The first-order chi connectivity index (χ1) is 6.58. The van der Waals surface area contributed by atoms with Crippen molar-refractivity contribution >= 4 is 6.98 Å². The molecule has 0 amide bonds. The molecular weight excluding hydrogens is 198 g/mol. The first-order valence-corrected chi connectivity index (χ1v) is 4.67. The molecule has 0 unspecified atom stereocenters. The fourth-order valence-electron chi connectivity index (χ4n) is 1.24. The van der Waals surface area contributed by atoms with Crippen molar-refractivity contribution in [2.45, 2.75) is 0 Å². The highest BCUT2D eigenvalue weighted by molar-refractivity contribution is 6.58. The van der Waals surface area contributed by atoms with Crippen LogP contribution in [-0.2, 0) is 9.47 Å². The molecule has 0 aromatic carbocycles. The molecule has 0 aromatic rings. The Balaban J connectivity index is 1.97. The van der Waals surface area contributed by atoms with Gasteiger partial charge in [0.15, 0.2) is 0 Å². The highest BCUT2D eigenvalue weighted by Crippen LogP contribution is 2.07. The number of ether oxygens (including phenoxy) is 2. The highest BCUT2D eigenvalue weighted by atomic mass is 19.4. The summed E-state index contributed by atoms with van der Waals surface area (Å²) in [5, 5.41) is 0. The van der Waals surface area contributed by atoms with Crippen molar-refractivity contribution in [3.05, 3.63) is 0 Å².